The van der Waals surface area contributed by atoms with Gasteiger partial charge in [-0.05, 0) is 78.6 Å². The summed E-state index contributed by atoms with van der Waals surface area (Å²) in [5.74, 6) is -0.499. The van der Waals surface area contributed by atoms with Crippen LogP contribution in [0.1, 0.15) is 37.3 Å². The topological polar surface area (TPSA) is 64.4 Å². The van der Waals surface area contributed by atoms with Crippen molar-refractivity contribution in [1.29, 1.82) is 0 Å². The Morgan fingerprint density at radius 1 is 1.06 bits per heavy atom. The van der Waals surface area contributed by atoms with Crippen molar-refractivity contribution in [2.75, 3.05) is 0 Å². The minimum absolute atomic E-state index is 0.0356. The fourth-order valence-electron chi connectivity index (χ4n) is 3.98. The van der Waals surface area contributed by atoms with Crippen LogP contribution in [0.4, 0.5) is 4.39 Å². The molecule has 0 fully saturated rings. The largest absolute Gasteiger partial charge is 0.488 e. The average Bonchev–Trinajstić information content (AvgIpc) is 3.29. The molecule has 4 rings (SSSR count). The number of aliphatic carboxylic acids is 1. The lowest BCUT2D eigenvalue weighted by Crippen LogP contribution is -2.03. The first-order chi connectivity index (χ1) is 17.4. The van der Waals surface area contributed by atoms with E-state index < -0.39 is 5.97 Å². The molecule has 7 heteroatoms. The molecule has 3 aromatic carbocycles. The van der Waals surface area contributed by atoms with E-state index in [1.807, 2.05) is 53.2 Å². The van der Waals surface area contributed by atoms with Crippen molar-refractivity contribution in [3.8, 4) is 28.3 Å². The Balaban J connectivity index is 1.73. The third kappa shape index (κ3) is 6.52. The van der Waals surface area contributed by atoms with Gasteiger partial charge in [-0.15, -0.1) is 0 Å². The van der Waals surface area contributed by atoms with Crippen LogP contribution in [0, 0.1) is 5.82 Å². The molecule has 0 radical (unpaired) electrons. The third-order valence-electron chi connectivity index (χ3n) is 5.87. The Kier molecular flexibility index (Phi) is 8.39. The molecule has 36 heavy (non-hydrogen) atoms. The SMILES string of the molecule is CCCCn1nc(-c2cc(CCC(=O)O)ccc2OCc2cccc(Cl)c2)cc1-c1ccc(F)cc1. The van der Waals surface area contributed by atoms with Crippen LogP contribution in [0.2, 0.25) is 5.02 Å². The zero-order valence-corrected chi connectivity index (χ0v) is 20.8. The van der Waals surface area contributed by atoms with Gasteiger partial charge in [-0.3, -0.25) is 9.48 Å². The molecule has 5 nitrogen and oxygen atoms in total. The molecule has 0 bridgehead atoms. The number of carbonyl (C=O) groups is 1. The standard InChI is InChI=1S/C29H28ClFN2O3/c1-2-3-15-33-27(22-9-11-24(31)12-10-22)18-26(32-33)25-17-20(8-14-29(34)35)7-13-28(25)36-19-21-5-4-6-23(30)16-21/h4-7,9-13,16-18H,2-3,8,14-15,19H2,1H3,(H,34,35). The highest BCUT2D eigenvalue weighted by Gasteiger charge is 2.16. The van der Waals surface area contributed by atoms with Gasteiger partial charge in [-0.1, -0.05) is 43.1 Å². The molecule has 0 unspecified atom stereocenters. The molecule has 0 spiro atoms. The summed E-state index contributed by atoms with van der Waals surface area (Å²) in [4.78, 5) is 11.1. The number of halogens is 2. The fourth-order valence-corrected chi connectivity index (χ4v) is 4.19. The van der Waals surface area contributed by atoms with Gasteiger partial charge in [-0.2, -0.15) is 5.10 Å². The van der Waals surface area contributed by atoms with E-state index >= 15 is 0 Å². The van der Waals surface area contributed by atoms with Crippen LogP contribution >= 0.6 is 11.6 Å². The van der Waals surface area contributed by atoms with Gasteiger partial charge < -0.3 is 9.84 Å². The van der Waals surface area contributed by atoms with E-state index in [2.05, 4.69) is 6.92 Å². The lowest BCUT2D eigenvalue weighted by molar-refractivity contribution is -0.136. The van der Waals surface area contributed by atoms with E-state index in [9.17, 15) is 9.18 Å². The summed E-state index contributed by atoms with van der Waals surface area (Å²) < 4.78 is 21.7. The number of hydrogen-bond acceptors (Lipinski definition) is 3. The van der Waals surface area contributed by atoms with Gasteiger partial charge >= 0.3 is 5.97 Å². The second-order valence-electron chi connectivity index (χ2n) is 8.64. The molecule has 186 valence electrons. The number of rotatable bonds is 11. The zero-order chi connectivity index (χ0) is 25.5. The Morgan fingerprint density at radius 2 is 1.86 bits per heavy atom. The summed E-state index contributed by atoms with van der Waals surface area (Å²) in [6, 6.07) is 21.5. The van der Waals surface area contributed by atoms with Crippen molar-refractivity contribution in [2.45, 2.75) is 45.8 Å². The minimum Gasteiger partial charge on any atom is -0.488 e. The maximum absolute atomic E-state index is 13.6. The number of benzene rings is 3. The summed E-state index contributed by atoms with van der Waals surface area (Å²) in [5.41, 5.74) is 5.06. The molecular weight excluding hydrogens is 479 g/mol. The number of aryl methyl sites for hydroxylation is 2. The molecule has 1 N–H and O–H groups in total. The number of ether oxygens (including phenoxy) is 1. The number of carboxylic acid groups (broad SMARTS) is 1. The second kappa shape index (κ2) is 11.9. The van der Waals surface area contributed by atoms with Crippen LogP contribution < -0.4 is 4.74 Å². The predicted molar refractivity (Wildman–Crippen MR) is 140 cm³/mol. The Bertz CT molecular complexity index is 1330. The summed E-state index contributed by atoms with van der Waals surface area (Å²) in [7, 11) is 0. The number of nitrogens with zero attached hydrogens (tertiary/aromatic N) is 2. The monoisotopic (exact) mass is 506 g/mol. The van der Waals surface area contributed by atoms with Gasteiger partial charge in [0, 0.05) is 29.1 Å². The molecule has 0 aliphatic rings. The van der Waals surface area contributed by atoms with Gasteiger partial charge in [0.15, 0.2) is 0 Å². The van der Waals surface area contributed by atoms with Crippen molar-refractivity contribution in [1.82, 2.24) is 9.78 Å². The van der Waals surface area contributed by atoms with E-state index in [-0.39, 0.29) is 12.2 Å². The quantitative estimate of drug-likeness (QED) is 0.230. The Labute approximate surface area is 215 Å². The minimum atomic E-state index is -0.847. The first kappa shape index (κ1) is 25.5. The summed E-state index contributed by atoms with van der Waals surface area (Å²) in [5, 5.41) is 14.7. The zero-order valence-electron chi connectivity index (χ0n) is 20.1. The molecule has 0 amide bonds. The van der Waals surface area contributed by atoms with Gasteiger partial charge in [0.25, 0.3) is 0 Å². The molecular formula is C29H28ClFN2O3. The van der Waals surface area contributed by atoms with Crippen LogP contribution in [0.15, 0.2) is 72.8 Å². The van der Waals surface area contributed by atoms with Crippen LogP contribution in [-0.2, 0) is 24.4 Å². The fraction of sp³-hybridized carbons (Fsp3) is 0.241. The van der Waals surface area contributed by atoms with Gasteiger partial charge in [-0.25, -0.2) is 4.39 Å². The van der Waals surface area contributed by atoms with Crippen LogP contribution in [0.25, 0.3) is 22.5 Å². The van der Waals surface area contributed by atoms with Crippen molar-refractivity contribution >= 4 is 17.6 Å². The number of carboxylic acids is 1. The Morgan fingerprint density at radius 3 is 2.58 bits per heavy atom. The number of hydrogen-bond donors (Lipinski definition) is 1. The van der Waals surface area contributed by atoms with E-state index in [0.717, 1.165) is 47.3 Å². The van der Waals surface area contributed by atoms with E-state index in [1.165, 1.54) is 12.1 Å². The molecule has 4 aromatic rings. The van der Waals surface area contributed by atoms with Gasteiger partial charge in [0.1, 0.15) is 18.2 Å². The van der Waals surface area contributed by atoms with Crippen molar-refractivity contribution in [3.05, 3.63) is 94.8 Å². The smallest absolute Gasteiger partial charge is 0.303 e. The average molecular weight is 507 g/mol. The molecule has 0 saturated carbocycles. The summed E-state index contributed by atoms with van der Waals surface area (Å²) >= 11 is 6.12. The van der Waals surface area contributed by atoms with Crippen molar-refractivity contribution in [2.24, 2.45) is 0 Å². The number of aromatic nitrogens is 2. The van der Waals surface area contributed by atoms with E-state index in [0.29, 0.717) is 29.5 Å². The number of unbranched alkanes of at least 4 members (excludes halogenated alkanes) is 1. The molecule has 0 saturated heterocycles. The molecule has 1 heterocycles. The molecule has 0 aliphatic carbocycles. The molecule has 0 aliphatic heterocycles. The summed E-state index contributed by atoms with van der Waals surface area (Å²) in [6.07, 6.45) is 2.40. The lowest BCUT2D eigenvalue weighted by Gasteiger charge is -2.12. The first-order valence-corrected chi connectivity index (χ1v) is 12.4. The highest BCUT2D eigenvalue weighted by atomic mass is 35.5. The first-order valence-electron chi connectivity index (χ1n) is 12.0. The lowest BCUT2D eigenvalue weighted by atomic mass is 10.0. The van der Waals surface area contributed by atoms with Crippen LogP contribution in [-0.4, -0.2) is 20.9 Å². The predicted octanol–water partition coefficient (Wildman–Crippen LogP) is 7.41. The molecule has 1 aromatic heterocycles. The molecule has 0 atom stereocenters. The maximum Gasteiger partial charge on any atom is 0.303 e. The highest BCUT2D eigenvalue weighted by Crippen LogP contribution is 2.34. The maximum atomic E-state index is 13.6. The highest BCUT2D eigenvalue weighted by molar-refractivity contribution is 6.30. The van der Waals surface area contributed by atoms with Crippen molar-refractivity contribution < 1.29 is 19.0 Å². The summed E-state index contributed by atoms with van der Waals surface area (Å²) in [6.45, 7) is 3.17. The van der Waals surface area contributed by atoms with Crippen molar-refractivity contribution in [3.63, 3.8) is 0 Å². The second-order valence-corrected chi connectivity index (χ2v) is 9.08. The van der Waals surface area contributed by atoms with Crippen LogP contribution in [0.5, 0.6) is 5.75 Å². The van der Waals surface area contributed by atoms with Crippen LogP contribution in [0.3, 0.4) is 0 Å². The van der Waals surface area contributed by atoms with E-state index in [4.69, 9.17) is 26.5 Å². The van der Waals surface area contributed by atoms with Gasteiger partial charge in [0.05, 0.1) is 11.4 Å². The third-order valence-corrected chi connectivity index (χ3v) is 6.11. The van der Waals surface area contributed by atoms with E-state index in [1.54, 1.807) is 12.1 Å². The van der Waals surface area contributed by atoms with Gasteiger partial charge in [0.2, 0.25) is 0 Å². The Hall–Kier alpha value is -3.64. The normalized spacial score (nSPS) is 11.0.